The van der Waals surface area contributed by atoms with Crippen LogP contribution in [0.25, 0.3) is 0 Å². The van der Waals surface area contributed by atoms with E-state index >= 15 is 0 Å². The van der Waals surface area contributed by atoms with E-state index in [4.69, 9.17) is 0 Å². The van der Waals surface area contributed by atoms with E-state index in [0.29, 0.717) is 6.04 Å². The lowest BCUT2D eigenvalue weighted by Crippen LogP contribution is -2.20. The van der Waals surface area contributed by atoms with Gasteiger partial charge in [0.15, 0.2) is 0 Å². The highest BCUT2D eigenvalue weighted by Crippen LogP contribution is 2.31. The van der Waals surface area contributed by atoms with Crippen LogP contribution in [-0.2, 0) is 12.8 Å². The maximum atomic E-state index is 3.51. The van der Waals surface area contributed by atoms with Crippen molar-refractivity contribution >= 4 is 0 Å². The number of nitrogens with one attached hydrogen (secondary N) is 1. The second-order valence-corrected chi connectivity index (χ2v) is 5.91. The lowest BCUT2D eigenvalue weighted by molar-refractivity contribution is 0.682. The second-order valence-electron chi connectivity index (χ2n) is 5.91. The van der Waals surface area contributed by atoms with Crippen LogP contribution in [0.1, 0.15) is 45.8 Å². The Morgan fingerprint density at radius 3 is 2.35 bits per heavy atom. The van der Waals surface area contributed by atoms with Gasteiger partial charge in [-0.25, -0.2) is 0 Å². The number of hydrogen-bond acceptors (Lipinski definition) is 1. The molecule has 0 aromatic heterocycles. The van der Waals surface area contributed by atoms with Crippen molar-refractivity contribution < 1.29 is 0 Å². The minimum absolute atomic E-state index is 0.294. The highest BCUT2D eigenvalue weighted by molar-refractivity contribution is 5.44. The normalized spacial score (nSPS) is 15.2. The molecule has 1 heteroatoms. The fourth-order valence-corrected chi connectivity index (χ4v) is 3.53. The standard InChI is InChI=1S/C19H23N/c1-13-6-4-7-14(2)18(13)19(20-3)17-11-10-15-8-5-9-16(15)12-17/h4,6-7,10-12,19-20H,5,8-9H2,1-3H3. The minimum atomic E-state index is 0.294. The van der Waals surface area contributed by atoms with Crippen molar-refractivity contribution in [3.63, 3.8) is 0 Å². The smallest absolute Gasteiger partial charge is 0.0579 e. The molecule has 0 saturated heterocycles. The van der Waals surface area contributed by atoms with Crippen LogP contribution in [0.4, 0.5) is 0 Å². The summed E-state index contributed by atoms with van der Waals surface area (Å²) in [5, 5.41) is 3.51. The summed E-state index contributed by atoms with van der Waals surface area (Å²) in [4.78, 5) is 0. The zero-order valence-electron chi connectivity index (χ0n) is 12.7. The molecule has 0 spiro atoms. The molecule has 2 aromatic carbocycles. The molecule has 1 atom stereocenters. The van der Waals surface area contributed by atoms with Crippen LogP contribution in [0.2, 0.25) is 0 Å². The summed E-state index contributed by atoms with van der Waals surface area (Å²) in [5.41, 5.74) is 8.65. The van der Waals surface area contributed by atoms with Gasteiger partial charge in [0.05, 0.1) is 6.04 Å². The van der Waals surface area contributed by atoms with Crippen LogP contribution in [-0.4, -0.2) is 7.05 Å². The molecular weight excluding hydrogens is 242 g/mol. The number of benzene rings is 2. The van der Waals surface area contributed by atoms with Gasteiger partial charge in [-0.3, -0.25) is 0 Å². The summed E-state index contributed by atoms with van der Waals surface area (Å²) in [5.74, 6) is 0. The lowest BCUT2D eigenvalue weighted by Gasteiger charge is -2.22. The maximum absolute atomic E-state index is 3.51. The van der Waals surface area contributed by atoms with Gasteiger partial charge in [-0.1, -0.05) is 36.4 Å². The van der Waals surface area contributed by atoms with E-state index in [2.05, 4.69) is 62.6 Å². The van der Waals surface area contributed by atoms with Crippen molar-refractivity contribution in [2.45, 2.75) is 39.2 Å². The Morgan fingerprint density at radius 1 is 0.950 bits per heavy atom. The van der Waals surface area contributed by atoms with Gasteiger partial charge in [-0.05, 0) is 73.5 Å². The van der Waals surface area contributed by atoms with Crippen LogP contribution < -0.4 is 5.32 Å². The molecule has 1 unspecified atom stereocenters. The summed E-state index contributed by atoms with van der Waals surface area (Å²) >= 11 is 0. The van der Waals surface area contributed by atoms with Gasteiger partial charge in [0.1, 0.15) is 0 Å². The SMILES string of the molecule is CNC(c1ccc2c(c1)CCC2)c1c(C)cccc1C. The van der Waals surface area contributed by atoms with Crippen molar-refractivity contribution in [1.82, 2.24) is 5.32 Å². The number of hydrogen-bond donors (Lipinski definition) is 1. The van der Waals surface area contributed by atoms with E-state index in [1.807, 2.05) is 0 Å². The predicted octanol–water partition coefficient (Wildman–Crippen LogP) is 4.10. The van der Waals surface area contributed by atoms with Crippen LogP contribution in [0.3, 0.4) is 0 Å². The third kappa shape index (κ3) is 2.27. The fourth-order valence-electron chi connectivity index (χ4n) is 3.53. The van der Waals surface area contributed by atoms with Crippen LogP contribution in [0.5, 0.6) is 0 Å². The maximum Gasteiger partial charge on any atom is 0.0579 e. The molecule has 1 aliphatic carbocycles. The van der Waals surface area contributed by atoms with Gasteiger partial charge in [-0.2, -0.15) is 0 Å². The Labute approximate surface area is 122 Å². The van der Waals surface area contributed by atoms with Crippen molar-refractivity contribution in [2.75, 3.05) is 7.05 Å². The molecule has 0 aliphatic heterocycles. The molecule has 20 heavy (non-hydrogen) atoms. The average molecular weight is 265 g/mol. The number of aryl methyl sites for hydroxylation is 4. The highest BCUT2D eigenvalue weighted by Gasteiger charge is 2.19. The number of rotatable bonds is 3. The Kier molecular flexibility index (Phi) is 3.62. The van der Waals surface area contributed by atoms with Crippen LogP contribution in [0.15, 0.2) is 36.4 Å². The second kappa shape index (κ2) is 5.41. The predicted molar refractivity (Wildman–Crippen MR) is 85.3 cm³/mol. The quantitative estimate of drug-likeness (QED) is 0.881. The van der Waals surface area contributed by atoms with E-state index in [-0.39, 0.29) is 0 Å². The first-order valence-electron chi connectivity index (χ1n) is 7.56. The average Bonchev–Trinajstić information content (AvgIpc) is 2.90. The van der Waals surface area contributed by atoms with Gasteiger partial charge < -0.3 is 5.32 Å². The molecule has 1 nitrogen and oxygen atoms in total. The van der Waals surface area contributed by atoms with E-state index in [0.717, 1.165) is 0 Å². The molecule has 104 valence electrons. The van der Waals surface area contributed by atoms with E-state index in [9.17, 15) is 0 Å². The highest BCUT2D eigenvalue weighted by atomic mass is 14.9. The molecule has 0 bridgehead atoms. The molecule has 1 N–H and O–H groups in total. The molecule has 1 aliphatic rings. The topological polar surface area (TPSA) is 12.0 Å². The first-order valence-corrected chi connectivity index (χ1v) is 7.56. The summed E-state index contributed by atoms with van der Waals surface area (Å²) in [6, 6.07) is 13.9. The van der Waals surface area contributed by atoms with E-state index < -0.39 is 0 Å². The summed E-state index contributed by atoms with van der Waals surface area (Å²) in [7, 11) is 2.06. The fraction of sp³-hybridized carbons (Fsp3) is 0.368. The first kappa shape index (κ1) is 13.4. The third-order valence-corrected chi connectivity index (χ3v) is 4.58. The third-order valence-electron chi connectivity index (χ3n) is 4.58. The Bertz CT molecular complexity index is 607. The van der Waals surface area contributed by atoms with Crippen molar-refractivity contribution in [2.24, 2.45) is 0 Å². The Hall–Kier alpha value is -1.60. The van der Waals surface area contributed by atoms with E-state index in [1.54, 1.807) is 11.1 Å². The molecule has 0 saturated carbocycles. The van der Waals surface area contributed by atoms with Gasteiger partial charge in [0.2, 0.25) is 0 Å². The van der Waals surface area contributed by atoms with Gasteiger partial charge in [0.25, 0.3) is 0 Å². The minimum Gasteiger partial charge on any atom is -0.309 e. The lowest BCUT2D eigenvalue weighted by atomic mass is 9.90. The molecule has 0 radical (unpaired) electrons. The van der Waals surface area contributed by atoms with Crippen LogP contribution in [0, 0.1) is 13.8 Å². The van der Waals surface area contributed by atoms with Crippen molar-refractivity contribution in [3.05, 3.63) is 69.8 Å². The molecule has 0 amide bonds. The molecule has 0 fully saturated rings. The molecule has 3 rings (SSSR count). The zero-order valence-corrected chi connectivity index (χ0v) is 12.7. The summed E-state index contributed by atoms with van der Waals surface area (Å²) < 4.78 is 0. The van der Waals surface area contributed by atoms with Crippen molar-refractivity contribution in [1.29, 1.82) is 0 Å². The summed E-state index contributed by atoms with van der Waals surface area (Å²) in [6.45, 7) is 4.42. The molecular formula is C19H23N. The largest absolute Gasteiger partial charge is 0.309 e. The van der Waals surface area contributed by atoms with Crippen molar-refractivity contribution in [3.8, 4) is 0 Å². The molecule has 0 heterocycles. The Balaban J connectivity index is 2.06. The number of fused-ring (bicyclic) bond motifs is 1. The molecule has 2 aromatic rings. The van der Waals surface area contributed by atoms with Gasteiger partial charge in [-0.15, -0.1) is 0 Å². The van der Waals surface area contributed by atoms with Gasteiger partial charge in [0, 0.05) is 0 Å². The Morgan fingerprint density at radius 2 is 1.65 bits per heavy atom. The summed E-state index contributed by atoms with van der Waals surface area (Å²) in [6.07, 6.45) is 3.81. The monoisotopic (exact) mass is 265 g/mol. The first-order chi connectivity index (χ1) is 9.70. The van der Waals surface area contributed by atoms with E-state index in [1.165, 1.54) is 41.5 Å². The zero-order chi connectivity index (χ0) is 14.1. The van der Waals surface area contributed by atoms with Crippen LogP contribution >= 0.6 is 0 Å². The van der Waals surface area contributed by atoms with Gasteiger partial charge >= 0.3 is 0 Å².